The van der Waals surface area contributed by atoms with Crippen LogP contribution in [0.5, 0.6) is 5.75 Å². The van der Waals surface area contributed by atoms with Crippen LogP contribution in [0.4, 0.5) is 5.69 Å². The van der Waals surface area contributed by atoms with Gasteiger partial charge in [-0.1, -0.05) is 35.9 Å². The van der Waals surface area contributed by atoms with E-state index >= 15 is 0 Å². The molecule has 0 saturated carbocycles. The number of benzene rings is 2. The van der Waals surface area contributed by atoms with Gasteiger partial charge in [0.15, 0.2) is 6.61 Å². The summed E-state index contributed by atoms with van der Waals surface area (Å²) < 4.78 is 5.52. The molecule has 0 aromatic heterocycles. The molecule has 0 bridgehead atoms. The monoisotopic (exact) mass is 300 g/mol. The Labute approximate surface area is 129 Å². The molecule has 0 fully saturated rings. The summed E-state index contributed by atoms with van der Waals surface area (Å²) in [4.78, 5) is 2.90. The van der Waals surface area contributed by atoms with E-state index in [1.165, 1.54) is 5.56 Å². The predicted octanol–water partition coefficient (Wildman–Crippen LogP) is 1.21. The quantitative estimate of drug-likeness (QED) is 0.451. The van der Waals surface area contributed by atoms with Crippen LogP contribution in [0.15, 0.2) is 54.6 Å². The number of para-hydroxylation sites is 1. The molecule has 4 N–H and O–H groups in total. The first-order valence-corrected chi connectivity index (χ1v) is 6.98. The lowest BCUT2D eigenvalue weighted by Gasteiger charge is -2.04. The number of nitrogens with one attached hydrogen (secondary N) is 2. The van der Waals surface area contributed by atoms with Gasteiger partial charge >= 0.3 is 0 Å². The predicted molar refractivity (Wildman–Crippen MR) is 89.5 cm³/mol. The molecule has 0 amide bonds. The van der Waals surface area contributed by atoms with Crippen LogP contribution in [0, 0.1) is 6.92 Å². The zero-order valence-electron chi connectivity index (χ0n) is 11.8. The molecule has 0 spiro atoms. The fourth-order valence-corrected chi connectivity index (χ4v) is 1.91. The van der Waals surface area contributed by atoms with Gasteiger partial charge in [-0.25, -0.2) is 4.99 Å². The fourth-order valence-electron chi connectivity index (χ4n) is 1.66. The molecule has 0 heterocycles. The van der Waals surface area contributed by atoms with Gasteiger partial charge in [0.2, 0.25) is 5.84 Å². The van der Waals surface area contributed by atoms with E-state index in [9.17, 15) is 0 Å². The van der Waals surface area contributed by atoms with Gasteiger partial charge in [0.25, 0.3) is 5.11 Å². The van der Waals surface area contributed by atoms with Crippen LogP contribution in [0.2, 0.25) is 0 Å². The van der Waals surface area contributed by atoms with Crippen molar-refractivity contribution < 1.29 is 9.73 Å². The minimum atomic E-state index is 0.250. The van der Waals surface area contributed by atoms with Crippen molar-refractivity contribution >= 4 is 28.9 Å². The van der Waals surface area contributed by atoms with Gasteiger partial charge in [0, 0.05) is 0 Å². The fraction of sp³-hybridized carbons (Fsp3) is 0.125. The van der Waals surface area contributed by atoms with E-state index in [0.717, 1.165) is 11.4 Å². The number of hydrogen-bond donors (Lipinski definition) is 3. The molecule has 0 saturated heterocycles. The zero-order chi connectivity index (χ0) is 15.1. The van der Waals surface area contributed by atoms with Crippen LogP contribution in [0.25, 0.3) is 0 Å². The highest BCUT2D eigenvalue weighted by Gasteiger charge is 2.04. The maximum Gasteiger partial charge on any atom is 0.292 e. The third kappa shape index (κ3) is 5.24. The van der Waals surface area contributed by atoms with Gasteiger partial charge in [0.05, 0.1) is 5.69 Å². The van der Waals surface area contributed by atoms with Crippen LogP contribution in [-0.2, 0) is 0 Å². The second-order valence-electron chi connectivity index (χ2n) is 4.57. The molecule has 21 heavy (non-hydrogen) atoms. The third-order valence-corrected chi connectivity index (χ3v) is 2.93. The van der Waals surface area contributed by atoms with E-state index in [4.69, 9.17) is 22.7 Å². The van der Waals surface area contributed by atoms with Gasteiger partial charge in [-0.2, -0.15) is 0 Å². The van der Waals surface area contributed by atoms with Crippen LogP contribution in [-0.4, -0.2) is 17.6 Å². The number of nitrogens with two attached hydrogens (primary N) is 1. The summed E-state index contributed by atoms with van der Waals surface area (Å²) in [7, 11) is 0. The van der Waals surface area contributed by atoms with Crippen molar-refractivity contribution in [1.82, 2.24) is 0 Å². The van der Waals surface area contributed by atoms with Gasteiger partial charge in [0.1, 0.15) is 5.75 Å². The van der Waals surface area contributed by atoms with Crippen LogP contribution in [0.1, 0.15) is 5.56 Å². The number of amidine groups is 1. The summed E-state index contributed by atoms with van der Waals surface area (Å²) >= 11 is 5.20. The van der Waals surface area contributed by atoms with Crippen LogP contribution >= 0.6 is 12.2 Å². The maximum absolute atomic E-state index is 5.85. The molecule has 0 aliphatic carbocycles. The minimum Gasteiger partial charge on any atom is -0.483 e. The number of thiocarbonyl (C=S) groups is 1. The Morgan fingerprint density at radius 2 is 1.81 bits per heavy atom. The summed E-state index contributed by atoms with van der Waals surface area (Å²) in [6.45, 7) is 2.28. The average molecular weight is 300 g/mol. The summed E-state index contributed by atoms with van der Waals surface area (Å²) in [5.41, 5.74) is 7.96. The molecule has 0 unspecified atom stereocenters. The largest absolute Gasteiger partial charge is 0.483 e. The first-order chi connectivity index (χ1) is 10.1. The Morgan fingerprint density at radius 1 is 1.14 bits per heavy atom. The lowest BCUT2D eigenvalue weighted by atomic mass is 10.2. The second kappa shape index (κ2) is 7.40. The Morgan fingerprint density at radius 3 is 2.48 bits per heavy atom. The highest BCUT2D eigenvalue weighted by Crippen LogP contribution is 2.08. The SMILES string of the molecule is Cc1ccc(NC(=S)[NH+]=C(N)COc2ccccc2)cc1. The molecule has 2 aromatic rings. The Hall–Kier alpha value is -2.40. The van der Waals surface area contributed by atoms with Gasteiger partial charge in [-0.3, -0.25) is 5.32 Å². The Balaban J connectivity index is 1.86. The third-order valence-electron chi connectivity index (χ3n) is 2.72. The molecule has 0 radical (unpaired) electrons. The molecule has 2 rings (SSSR count). The van der Waals surface area contributed by atoms with E-state index < -0.39 is 0 Å². The first kappa shape index (κ1) is 15.0. The van der Waals surface area contributed by atoms with Crippen molar-refractivity contribution in [3.63, 3.8) is 0 Å². The smallest absolute Gasteiger partial charge is 0.292 e. The number of ether oxygens (including phenoxy) is 1. The highest BCUT2D eigenvalue weighted by atomic mass is 32.1. The second-order valence-corrected chi connectivity index (χ2v) is 4.98. The summed E-state index contributed by atoms with van der Waals surface area (Å²) in [5.74, 6) is 1.21. The standard InChI is InChI=1S/C16H17N3OS/c1-12-7-9-13(10-8-12)18-16(21)19-15(17)11-20-14-5-3-2-4-6-14/h2-10H,11H2,1H3,(H3,17,18,19,21)/p+1. The average Bonchev–Trinajstić information content (AvgIpc) is 2.48. The molecule has 4 nitrogen and oxygen atoms in total. The van der Waals surface area contributed by atoms with Crippen LogP contribution in [0.3, 0.4) is 0 Å². The van der Waals surface area contributed by atoms with E-state index in [1.807, 2.05) is 61.5 Å². The van der Waals surface area contributed by atoms with Gasteiger partial charge < -0.3 is 10.5 Å². The topological polar surface area (TPSA) is 61.2 Å². The summed E-state index contributed by atoms with van der Waals surface area (Å²) in [6.07, 6.45) is 0. The van der Waals surface area contributed by atoms with Crippen molar-refractivity contribution in [3.8, 4) is 5.75 Å². The molecule has 0 aliphatic heterocycles. The molecule has 0 atom stereocenters. The molecule has 108 valence electrons. The van der Waals surface area contributed by atoms with Gasteiger partial charge in [-0.05, 0) is 43.4 Å². The molecular weight excluding hydrogens is 282 g/mol. The van der Waals surface area contributed by atoms with Crippen molar-refractivity contribution in [1.29, 1.82) is 0 Å². The molecule has 0 aliphatic rings. The minimum absolute atomic E-state index is 0.250. The van der Waals surface area contributed by atoms with Crippen molar-refractivity contribution in [2.45, 2.75) is 6.92 Å². The number of aryl methyl sites for hydroxylation is 1. The molecule has 2 aromatic carbocycles. The normalized spacial score (nSPS) is 11.0. The molecular formula is C16H18N3OS+. The highest BCUT2D eigenvalue weighted by molar-refractivity contribution is 7.80. The van der Waals surface area contributed by atoms with Crippen molar-refractivity contribution in [2.75, 3.05) is 11.9 Å². The number of anilines is 1. The van der Waals surface area contributed by atoms with E-state index in [0.29, 0.717) is 10.9 Å². The summed E-state index contributed by atoms with van der Waals surface area (Å²) in [6, 6.07) is 17.4. The van der Waals surface area contributed by atoms with Crippen LogP contribution < -0.4 is 20.8 Å². The number of rotatable bonds is 4. The lowest BCUT2D eigenvalue weighted by Crippen LogP contribution is -2.81. The summed E-state index contributed by atoms with van der Waals surface area (Å²) in [5, 5.41) is 3.50. The van der Waals surface area contributed by atoms with E-state index in [-0.39, 0.29) is 6.61 Å². The maximum atomic E-state index is 5.85. The number of hydrogen-bond acceptors (Lipinski definition) is 2. The van der Waals surface area contributed by atoms with Crippen molar-refractivity contribution in [3.05, 3.63) is 60.2 Å². The van der Waals surface area contributed by atoms with E-state index in [2.05, 4.69) is 10.3 Å². The van der Waals surface area contributed by atoms with Crippen molar-refractivity contribution in [2.24, 2.45) is 5.73 Å². The lowest BCUT2D eigenvalue weighted by molar-refractivity contribution is -0.314. The Kier molecular flexibility index (Phi) is 5.29. The molecule has 5 heteroatoms. The zero-order valence-corrected chi connectivity index (χ0v) is 12.6. The van der Waals surface area contributed by atoms with Gasteiger partial charge in [-0.15, -0.1) is 0 Å². The Bertz CT molecular complexity index is 624. The van der Waals surface area contributed by atoms with E-state index in [1.54, 1.807) is 0 Å². The first-order valence-electron chi connectivity index (χ1n) is 6.57.